The molecule has 2 aromatic carbocycles. The Morgan fingerprint density at radius 2 is 1.62 bits per heavy atom. The summed E-state index contributed by atoms with van der Waals surface area (Å²) in [4.78, 5) is 45.9. The predicted molar refractivity (Wildman–Crippen MR) is 82.4 cm³/mol. The number of nitro benzene ring substituents is 1. The van der Waals surface area contributed by atoms with E-state index in [0.717, 1.165) is 12.1 Å². The van der Waals surface area contributed by atoms with Crippen LogP contribution < -0.4 is 10.6 Å². The van der Waals surface area contributed by atoms with Crippen molar-refractivity contribution in [1.82, 2.24) is 0 Å². The van der Waals surface area contributed by atoms with Gasteiger partial charge in [0.1, 0.15) is 0 Å². The van der Waals surface area contributed by atoms with Gasteiger partial charge in [-0.2, -0.15) is 0 Å². The van der Waals surface area contributed by atoms with Gasteiger partial charge in [0.25, 0.3) is 17.5 Å². The first-order valence-electron chi connectivity index (χ1n) is 6.65. The summed E-state index contributed by atoms with van der Waals surface area (Å²) in [5.41, 5.74) is -0.265. The van der Waals surface area contributed by atoms with E-state index in [1.165, 1.54) is 24.3 Å². The fourth-order valence-electron chi connectivity index (χ4n) is 2.30. The number of anilines is 2. The fraction of sp³-hybridized carbons (Fsp3) is 0. The number of fused-ring (bicyclic) bond motifs is 2. The van der Waals surface area contributed by atoms with Gasteiger partial charge < -0.3 is 15.7 Å². The van der Waals surface area contributed by atoms with Crippen LogP contribution in [0.2, 0.25) is 0 Å². The smallest absolute Gasteiger partial charge is 0.335 e. The van der Waals surface area contributed by atoms with Crippen molar-refractivity contribution >= 4 is 34.8 Å². The quantitative estimate of drug-likeness (QED) is 0.570. The van der Waals surface area contributed by atoms with Crippen LogP contribution in [0.1, 0.15) is 31.1 Å². The molecule has 1 aliphatic rings. The summed E-state index contributed by atoms with van der Waals surface area (Å²) in [5, 5.41) is 24.8. The summed E-state index contributed by atoms with van der Waals surface area (Å²) in [7, 11) is 0. The number of nitrogens with zero attached hydrogens (tertiary/aromatic N) is 1. The fourth-order valence-corrected chi connectivity index (χ4v) is 2.30. The SMILES string of the molecule is O=C(O)c1ccc2c(c1)C(=O)Nc1ccc([N+](=O)[O-])cc1NC2=O. The first kappa shape index (κ1) is 15.2. The number of carbonyl (C=O) groups excluding carboxylic acids is 2. The zero-order valence-electron chi connectivity index (χ0n) is 11.9. The highest BCUT2D eigenvalue weighted by Crippen LogP contribution is 2.30. The zero-order valence-corrected chi connectivity index (χ0v) is 11.9. The number of aromatic carboxylic acids is 1. The monoisotopic (exact) mass is 327 g/mol. The second kappa shape index (κ2) is 5.47. The number of carbonyl (C=O) groups is 3. The number of hydrogen-bond donors (Lipinski definition) is 3. The summed E-state index contributed by atoms with van der Waals surface area (Å²) < 4.78 is 0. The molecular weight excluding hydrogens is 318 g/mol. The van der Waals surface area contributed by atoms with E-state index in [-0.39, 0.29) is 33.8 Å². The highest BCUT2D eigenvalue weighted by atomic mass is 16.6. The Labute approximate surface area is 134 Å². The van der Waals surface area contributed by atoms with Crippen LogP contribution in [0.3, 0.4) is 0 Å². The summed E-state index contributed by atoms with van der Waals surface area (Å²) >= 11 is 0. The lowest BCUT2D eigenvalue weighted by Crippen LogP contribution is -2.25. The maximum Gasteiger partial charge on any atom is 0.335 e. The minimum absolute atomic E-state index is 0.0327. The van der Waals surface area contributed by atoms with E-state index >= 15 is 0 Å². The van der Waals surface area contributed by atoms with Crippen LogP contribution in [-0.4, -0.2) is 27.8 Å². The first-order valence-corrected chi connectivity index (χ1v) is 6.65. The Balaban J connectivity index is 2.11. The van der Waals surface area contributed by atoms with E-state index in [2.05, 4.69) is 10.6 Å². The molecule has 0 aliphatic carbocycles. The number of carboxylic acid groups (broad SMARTS) is 1. The molecule has 3 N–H and O–H groups in total. The minimum Gasteiger partial charge on any atom is -0.478 e. The average molecular weight is 327 g/mol. The van der Waals surface area contributed by atoms with Crippen LogP contribution in [0.15, 0.2) is 36.4 Å². The Morgan fingerprint density at radius 1 is 0.958 bits per heavy atom. The normalized spacial score (nSPS) is 12.8. The average Bonchev–Trinajstić information content (AvgIpc) is 2.54. The second-order valence-electron chi connectivity index (χ2n) is 4.96. The van der Waals surface area contributed by atoms with Crippen LogP contribution in [0.25, 0.3) is 0 Å². The van der Waals surface area contributed by atoms with E-state index in [1.54, 1.807) is 0 Å². The molecule has 9 nitrogen and oxygen atoms in total. The summed E-state index contributed by atoms with van der Waals surface area (Å²) in [6, 6.07) is 7.12. The van der Waals surface area contributed by atoms with Crippen molar-refractivity contribution in [3.63, 3.8) is 0 Å². The molecule has 0 saturated carbocycles. The Kier molecular flexibility index (Phi) is 3.45. The first-order chi connectivity index (χ1) is 11.4. The van der Waals surface area contributed by atoms with E-state index < -0.39 is 22.7 Å². The van der Waals surface area contributed by atoms with Gasteiger partial charge in [-0.05, 0) is 24.3 Å². The van der Waals surface area contributed by atoms with Gasteiger partial charge in [-0.3, -0.25) is 19.7 Å². The lowest BCUT2D eigenvalue weighted by molar-refractivity contribution is -0.384. The molecule has 120 valence electrons. The van der Waals surface area contributed by atoms with Crippen molar-refractivity contribution < 1.29 is 24.4 Å². The van der Waals surface area contributed by atoms with Gasteiger partial charge in [0.2, 0.25) is 0 Å². The number of nitro groups is 1. The van der Waals surface area contributed by atoms with Gasteiger partial charge in [-0.1, -0.05) is 0 Å². The van der Waals surface area contributed by atoms with Crippen LogP contribution in [0, 0.1) is 10.1 Å². The van der Waals surface area contributed by atoms with Crippen molar-refractivity contribution in [2.24, 2.45) is 0 Å². The molecule has 1 heterocycles. The van der Waals surface area contributed by atoms with Gasteiger partial charge in [0.15, 0.2) is 0 Å². The third kappa shape index (κ3) is 2.54. The predicted octanol–water partition coefficient (Wildman–Crippen LogP) is 2.11. The van der Waals surface area contributed by atoms with E-state index in [9.17, 15) is 24.5 Å². The van der Waals surface area contributed by atoms with Gasteiger partial charge in [0, 0.05) is 12.1 Å². The number of amides is 2. The van der Waals surface area contributed by atoms with Crippen molar-refractivity contribution in [3.05, 3.63) is 63.2 Å². The molecule has 2 amide bonds. The van der Waals surface area contributed by atoms with Gasteiger partial charge in [-0.25, -0.2) is 4.79 Å². The van der Waals surface area contributed by atoms with E-state index in [0.29, 0.717) is 0 Å². The van der Waals surface area contributed by atoms with Crippen LogP contribution in [0.5, 0.6) is 0 Å². The topological polar surface area (TPSA) is 139 Å². The Hall–Kier alpha value is -3.75. The lowest BCUT2D eigenvalue weighted by atomic mass is 10.0. The molecule has 1 aliphatic heterocycles. The van der Waals surface area contributed by atoms with E-state index in [4.69, 9.17) is 5.11 Å². The number of hydrogen-bond acceptors (Lipinski definition) is 5. The third-order valence-electron chi connectivity index (χ3n) is 3.47. The number of nitrogens with one attached hydrogen (secondary N) is 2. The summed E-state index contributed by atoms with van der Waals surface area (Å²) in [6.07, 6.45) is 0. The van der Waals surface area contributed by atoms with Crippen molar-refractivity contribution in [2.45, 2.75) is 0 Å². The van der Waals surface area contributed by atoms with Crippen LogP contribution >= 0.6 is 0 Å². The molecule has 0 atom stereocenters. The Bertz CT molecular complexity index is 921. The molecule has 0 unspecified atom stereocenters. The van der Waals surface area contributed by atoms with Crippen molar-refractivity contribution in [3.8, 4) is 0 Å². The van der Waals surface area contributed by atoms with Crippen LogP contribution in [0.4, 0.5) is 17.1 Å². The molecule has 2 aromatic rings. The van der Waals surface area contributed by atoms with Gasteiger partial charge in [0.05, 0.1) is 33.0 Å². The number of benzene rings is 2. The number of non-ortho nitro benzene ring substituents is 1. The van der Waals surface area contributed by atoms with Gasteiger partial charge in [-0.15, -0.1) is 0 Å². The molecule has 3 rings (SSSR count). The molecule has 9 heteroatoms. The van der Waals surface area contributed by atoms with Crippen LogP contribution in [-0.2, 0) is 0 Å². The largest absolute Gasteiger partial charge is 0.478 e. The minimum atomic E-state index is -1.23. The maximum atomic E-state index is 12.3. The van der Waals surface area contributed by atoms with Gasteiger partial charge >= 0.3 is 5.97 Å². The highest BCUT2D eigenvalue weighted by molar-refractivity contribution is 6.19. The molecular formula is C15H9N3O6. The van der Waals surface area contributed by atoms with E-state index in [1.807, 2.05) is 0 Å². The molecule has 0 bridgehead atoms. The van der Waals surface area contributed by atoms with Crippen molar-refractivity contribution in [2.75, 3.05) is 10.6 Å². The number of rotatable bonds is 2. The molecule has 0 radical (unpaired) electrons. The molecule has 24 heavy (non-hydrogen) atoms. The number of carboxylic acids is 1. The highest BCUT2D eigenvalue weighted by Gasteiger charge is 2.25. The zero-order chi connectivity index (χ0) is 17.4. The summed E-state index contributed by atoms with van der Waals surface area (Å²) in [5.74, 6) is -2.58. The molecule has 0 aromatic heterocycles. The maximum absolute atomic E-state index is 12.3. The molecule has 0 fully saturated rings. The molecule has 0 spiro atoms. The second-order valence-corrected chi connectivity index (χ2v) is 4.96. The standard InChI is InChI=1S/C15H9N3O6/c19-13-9-3-1-7(15(21)22)5-10(9)14(20)16-11-4-2-8(18(23)24)6-12(11)17-13/h1-6H,(H,16,20)(H,17,19)(H,21,22). The Morgan fingerprint density at radius 3 is 2.29 bits per heavy atom. The third-order valence-corrected chi connectivity index (χ3v) is 3.47. The summed E-state index contributed by atoms with van der Waals surface area (Å²) in [6.45, 7) is 0. The molecule has 0 saturated heterocycles. The lowest BCUT2D eigenvalue weighted by Gasteiger charge is -2.18. The van der Waals surface area contributed by atoms with Crippen molar-refractivity contribution in [1.29, 1.82) is 0 Å².